The van der Waals surface area contributed by atoms with Crippen LogP contribution < -0.4 is 10.6 Å². The summed E-state index contributed by atoms with van der Waals surface area (Å²) < 4.78 is 26.1. The summed E-state index contributed by atoms with van der Waals surface area (Å²) in [5, 5.41) is 6.31. The van der Waals surface area contributed by atoms with Crippen molar-refractivity contribution in [2.24, 2.45) is 0 Å². The summed E-state index contributed by atoms with van der Waals surface area (Å²) >= 11 is 0. The first-order valence-electron chi connectivity index (χ1n) is 6.54. The molecule has 0 bridgehead atoms. The van der Waals surface area contributed by atoms with Crippen molar-refractivity contribution in [2.75, 3.05) is 36.8 Å². The van der Waals surface area contributed by atoms with Gasteiger partial charge in [0.1, 0.15) is 0 Å². The molecule has 8 nitrogen and oxygen atoms in total. The number of hydrogen-bond acceptors (Lipinski definition) is 6. The van der Waals surface area contributed by atoms with Crippen molar-refractivity contribution in [2.45, 2.75) is 5.03 Å². The van der Waals surface area contributed by atoms with Gasteiger partial charge in [-0.2, -0.15) is 9.40 Å². The molecular weight excluding hydrogens is 292 g/mol. The second-order valence-electron chi connectivity index (χ2n) is 4.73. The Morgan fingerprint density at radius 3 is 2.52 bits per heavy atom. The lowest BCUT2D eigenvalue weighted by molar-refractivity contribution is 0.382. The van der Waals surface area contributed by atoms with E-state index in [2.05, 4.69) is 15.2 Å². The Balaban J connectivity index is 1.73. The highest BCUT2D eigenvalue weighted by Crippen LogP contribution is 2.22. The molecule has 0 unspecified atom stereocenters. The van der Waals surface area contributed by atoms with Gasteiger partial charge in [-0.25, -0.2) is 13.4 Å². The van der Waals surface area contributed by atoms with Crippen LogP contribution in [0.15, 0.2) is 35.6 Å². The van der Waals surface area contributed by atoms with Crippen molar-refractivity contribution in [3.63, 3.8) is 0 Å². The zero-order valence-corrected chi connectivity index (χ0v) is 12.1. The van der Waals surface area contributed by atoms with Gasteiger partial charge in [0.05, 0.1) is 11.9 Å². The topological polar surface area (TPSA) is 108 Å². The van der Waals surface area contributed by atoms with Crippen molar-refractivity contribution in [1.82, 2.24) is 19.5 Å². The Kier molecular flexibility index (Phi) is 3.52. The first-order valence-corrected chi connectivity index (χ1v) is 7.98. The van der Waals surface area contributed by atoms with Crippen LogP contribution in [-0.4, -0.2) is 54.1 Å². The van der Waals surface area contributed by atoms with E-state index in [1.165, 1.54) is 16.6 Å². The van der Waals surface area contributed by atoms with Crippen LogP contribution in [0.5, 0.6) is 0 Å². The molecule has 112 valence electrons. The maximum atomic E-state index is 12.4. The number of hydrogen-bond donors (Lipinski definition) is 2. The molecule has 0 saturated carbocycles. The second kappa shape index (κ2) is 5.34. The van der Waals surface area contributed by atoms with Gasteiger partial charge in [0.15, 0.2) is 10.8 Å². The first kappa shape index (κ1) is 13.8. The fourth-order valence-corrected chi connectivity index (χ4v) is 3.66. The van der Waals surface area contributed by atoms with E-state index in [1.807, 2.05) is 4.90 Å². The largest absolute Gasteiger partial charge is 0.396 e. The molecule has 1 fully saturated rings. The Hall–Kier alpha value is -2.13. The monoisotopic (exact) mass is 308 g/mol. The molecular formula is C12H16N6O2S. The number of nitrogens with zero attached hydrogens (tertiary/aromatic N) is 4. The van der Waals surface area contributed by atoms with Crippen LogP contribution >= 0.6 is 0 Å². The van der Waals surface area contributed by atoms with E-state index in [4.69, 9.17) is 5.73 Å². The number of anilines is 2. The molecule has 0 aromatic carbocycles. The smallest absolute Gasteiger partial charge is 0.260 e. The Morgan fingerprint density at radius 2 is 1.90 bits per heavy atom. The van der Waals surface area contributed by atoms with Crippen LogP contribution in [0.3, 0.4) is 0 Å². The van der Waals surface area contributed by atoms with E-state index < -0.39 is 10.0 Å². The van der Waals surface area contributed by atoms with Gasteiger partial charge in [-0.15, -0.1) is 0 Å². The van der Waals surface area contributed by atoms with Gasteiger partial charge in [-0.05, 0) is 18.2 Å². The third-order valence-electron chi connectivity index (χ3n) is 3.45. The lowest BCUT2D eigenvalue weighted by Crippen LogP contribution is -2.49. The van der Waals surface area contributed by atoms with Crippen molar-refractivity contribution in [3.05, 3.63) is 30.6 Å². The highest BCUT2D eigenvalue weighted by Gasteiger charge is 2.30. The van der Waals surface area contributed by atoms with E-state index in [0.717, 1.165) is 0 Å². The number of H-pyrrole nitrogens is 1. The minimum absolute atomic E-state index is 0.119. The van der Waals surface area contributed by atoms with Crippen LogP contribution in [0.4, 0.5) is 11.5 Å². The third kappa shape index (κ3) is 2.57. The molecule has 0 radical (unpaired) electrons. The number of sulfonamides is 1. The number of nitrogens with two attached hydrogens (primary N) is 1. The predicted molar refractivity (Wildman–Crippen MR) is 78.2 cm³/mol. The standard InChI is InChI=1S/C12H16N6O2S/c13-10-2-1-4-14-12(10)17-6-8-18(9-7-17)21(19,20)11-3-5-15-16-11/h1-5H,6-9,13H2,(H,15,16). The fourth-order valence-electron chi connectivity index (χ4n) is 2.34. The maximum absolute atomic E-state index is 12.4. The molecule has 3 N–H and O–H groups in total. The average molecular weight is 308 g/mol. The zero-order chi connectivity index (χ0) is 14.9. The summed E-state index contributed by atoms with van der Waals surface area (Å²) in [6, 6.07) is 5.02. The minimum Gasteiger partial charge on any atom is -0.396 e. The number of aromatic amines is 1. The number of nitrogens with one attached hydrogen (secondary N) is 1. The fraction of sp³-hybridized carbons (Fsp3) is 0.333. The highest BCUT2D eigenvalue weighted by molar-refractivity contribution is 7.89. The third-order valence-corrected chi connectivity index (χ3v) is 5.28. The maximum Gasteiger partial charge on any atom is 0.260 e. The molecule has 1 aliphatic rings. The Labute approximate surface area is 122 Å². The van der Waals surface area contributed by atoms with E-state index in [1.54, 1.807) is 18.3 Å². The minimum atomic E-state index is -3.50. The zero-order valence-electron chi connectivity index (χ0n) is 11.3. The van der Waals surface area contributed by atoms with E-state index >= 15 is 0 Å². The van der Waals surface area contributed by atoms with Crippen LogP contribution in [0.25, 0.3) is 0 Å². The molecule has 0 spiro atoms. The summed E-state index contributed by atoms with van der Waals surface area (Å²) in [4.78, 5) is 6.25. The van der Waals surface area contributed by atoms with Crippen molar-refractivity contribution in [3.8, 4) is 0 Å². The predicted octanol–water partition coefficient (Wildman–Crippen LogP) is -0.102. The molecule has 0 atom stereocenters. The number of aromatic nitrogens is 3. The van der Waals surface area contributed by atoms with Gasteiger partial charge in [0, 0.05) is 32.4 Å². The quantitative estimate of drug-likeness (QED) is 0.819. The average Bonchev–Trinajstić information content (AvgIpc) is 3.03. The normalized spacial score (nSPS) is 17.0. The second-order valence-corrected chi connectivity index (χ2v) is 6.63. The van der Waals surface area contributed by atoms with Crippen molar-refractivity contribution in [1.29, 1.82) is 0 Å². The lowest BCUT2D eigenvalue weighted by atomic mass is 10.3. The molecule has 1 saturated heterocycles. The molecule has 0 amide bonds. The van der Waals surface area contributed by atoms with Gasteiger partial charge in [-0.1, -0.05) is 0 Å². The van der Waals surface area contributed by atoms with Crippen LogP contribution in [-0.2, 0) is 10.0 Å². The SMILES string of the molecule is Nc1cccnc1N1CCN(S(=O)(=O)c2ccn[nH]2)CC1. The van der Waals surface area contributed by atoms with Gasteiger partial charge < -0.3 is 10.6 Å². The van der Waals surface area contributed by atoms with Crippen LogP contribution in [0.1, 0.15) is 0 Å². The number of rotatable bonds is 3. The van der Waals surface area contributed by atoms with Crippen molar-refractivity contribution < 1.29 is 8.42 Å². The number of piperazine rings is 1. The lowest BCUT2D eigenvalue weighted by Gasteiger charge is -2.34. The first-order chi connectivity index (χ1) is 10.1. The van der Waals surface area contributed by atoms with Crippen LogP contribution in [0, 0.1) is 0 Å². The van der Waals surface area contributed by atoms with Gasteiger partial charge in [-0.3, -0.25) is 5.10 Å². The summed E-state index contributed by atoms with van der Waals surface area (Å²) in [6.07, 6.45) is 3.11. The number of nitrogen functional groups attached to an aromatic ring is 1. The molecule has 1 aliphatic heterocycles. The van der Waals surface area contributed by atoms with Gasteiger partial charge in [0.2, 0.25) is 0 Å². The highest BCUT2D eigenvalue weighted by atomic mass is 32.2. The van der Waals surface area contributed by atoms with Crippen LogP contribution in [0.2, 0.25) is 0 Å². The summed E-state index contributed by atoms with van der Waals surface area (Å²) in [6.45, 7) is 1.87. The molecule has 3 rings (SSSR count). The van der Waals surface area contributed by atoms with E-state index in [9.17, 15) is 8.42 Å². The van der Waals surface area contributed by atoms with Crippen molar-refractivity contribution >= 4 is 21.5 Å². The molecule has 0 aliphatic carbocycles. The Bertz CT molecular complexity index is 707. The summed E-state index contributed by atoms with van der Waals surface area (Å²) in [5.74, 6) is 0.705. The molecule has 2 aromatic heterocycles. The molecule has 9 heteroatoms. The molecule has 3 heterocycles. The van der Waals surface area contributed by atoms with Gasteiger partial charge in [0.25, 0.3) is 10.0 Å². The van der Waals surface area contributed by atoms with E-state index in [0.29, 0.717) is 37.7 Å². The summed E-state index contributed by atoms with van der Waals surface area (Å²) in [7, 11) is -3.50. The van der Waals surface area contributed by atoms with E-state index in [-0.39, 0.29) is 5.03 Å². The summed E-state index contributed by atoms with van der Waals surface area (Å²) in [5.41, 5.74) is 6.50. The van der Waals surface area contributed by atoms with Gasteiger partial charge >= 0.3 is 0 Å². The molecule has 2 aromatic rings. The Morgan fingerprint density at radius 1 is 1.14 bits per heavy atom. The molecule has 21 heavy (non-hydrogen) atoms. The number of pyridine rings is 1.